The number of aromatic amines is 1. The van der Waals surface area contributed by atoms with E-state index in [1.54, 1.807) is 0 Å². The Kier molecular flexibility index (Phi) is 5.29. The zero-order chi connectivity index (χ0) is 18.5. The number of para-hydroxylation sites is 1. The maximum Gasteiger partial charge on any atom is 0.319 e. The summed E-state index contributed by atoms with van der Waals surface area (Å²) in [6.07, 6.45) is 2.31. The van der Waals surface area contributed by atoms with Crippen LogP contribution in [0.1, 0.15) is 18.4 Å². The van der Waals surface area contributed by atoms with Crippen molar-refractivity contribution in [3.63, 3.8) is 0 Å². The first-order valence-corrected chi connectivity index (χ1v) is 9.38. The molecule has 140 valence electrons. The van der Waals surface area contributed by atoms with Crippen molar-refractivity contribution in [1.82, 2.24) is 25.6 Å². The smallest absolute Gasteiger partial charge is 0.319 e. The van der Waals surface area contributed by atoms with Crippen molar-refractivity contribution in [3.8, 4) is 0 Å². The Bertz CT molecular complexity index is 894. The molecular weight excluding hydrogens is 340 g/mol. The van der Waals surface area contributed by atoms with Gasteiger partial charge in [0.15, 0.2) is 0 Å². The van der Waals surface area contributed by atoms with E-state index in [2.05, 4.69) is 55.2 Å². The lowest BCUT2D eigenvalue weighted by molar-refractivity contribution is 0.166. The van der Waals surface area contributed by atoms with E-state index in [0.29, 0.717) is 23.7 Å². The zero-order valence-electron chi connectivity index (χ0n) is 15.2. The van der Waals surface area contributed by atoms with Crippen molar-refractivity contribution in [3.05, 3.63) is 54.1 Å². The zero-order valence-corrected chi connectivity index (χ0v) is 15.2. The first kappa shape index (κ1) is 17.5. The maximum atomic E-state index is 12.3. The molecule has 3 aromatic rings. The molecule has 1 aliphatic heterocycles. The molecule has 2 amide bonds. The molecule has 0 spiro atoms. The van der Waals surface area contributed by atoms with Gasteiger partial charge in [-0.25, -0.2) is 4.79 Å². The number of carbonyl (C=O) groups is 1. The summed E-state index contributed by atoms with van der Waals surface area (Å²) in [6.45, 7) is 3.77. The van der Waals surface area contributed by atoms with Gasteiger partial charge in [-0.15, -0.1) is 0 Å². The lowest BCUT2D eigenvalue weighted by Crippen LogP contribution is -2.41. The van der Waals surface area contributed by atoms with Crippen LogP contribution in [0.3, 0.4) is 0 Å². The topological polar surface area (TPSA) is 85.9 Å². The Labute approximate surface area is 158 Å². The van der Waals surface area contributed by atoms with Gasteiger partial charge in [0.05, 0.1) is 5.69 Å². The van der Waals surface area contributed by atoms with Crippen molar-refractivity contribution in [2.75, 3.05) is 25.0 Å². The average molecular weight is 364 g/mol. The van der Waals surface area contributed by atoms with E-state index in [1.807, 2.05) is 24.3 Å². The van der Waals surface area contributed by atoms with E-state index in [1.165, 1.54) is 12.0 Å². The van der Waals surface area contributed by atoms with Gasteiger partial charge in [0.1, 0.15) is 11.0 Å². The molecule has 3 N–H and O–H groups in total. The van der Waals surface area contributed by atoms with Crippen LogP contribution in [0.25, 0.3) is 11.0 Å². The first-order valence-electron chi connectivity index (χ1n) is 9.38. The van der Waals surface area contributed by atoms with Gasteiger partial charge in [-0.2, -0.15) is 15.4 Å². The fourth-order valence-electron chi connectivity index (χ4n) is 3.68. The summed E-state index contributed by atoms with van der Waals surface area (Å²) in [5.74, 6) is 0.469. The number of benzene rings is 2. The molecule has 0 saturated carbocycles. The van der Waals surface area contributed by atoms with E-state index in [-0.39, 0.29) is 6.03 Å². The van der Waals surface area contributed by atoms with Gasteiger partial charge in [-0.05, 0) is 43.0 Å². The van der Waals surface area contributed by atoms with E-state index in [0.717, 1.165) is 31.6 Å². The normalized spacial score (nSPS) is 17.7. The number of nitrogens with one attached hydrogen (secondary N) is 3. The molecule has 7 nitrogen and oxygen atoms in total. The lowest BCUT2D eigenvalue weighted by atomic mass is 9.97. The Morgan fingerprint density at radius 3 is 2.93 bits per heavy atom. The molecule has 1 atom stereocenters. The second kappa shape index (κ2) is 8.18. The van der Waals surface area contributed by atoms with Gasteiger partial charge in [-0.1, -0.05) is 36.4 Å². The molecule has 1 fully saturated rings. The highest BCUT2D eigenvalue weighted by Crippen LogP contribution is 2.20. The highest BCUT2D eigenvalue weighted by molar-refractivity contribution is 5.98. The second-order valence-corrected chi connectivity index (χ2v) is 7.06. The number of fused-ring (bicyclic) bond motifs is 1. The van der Waals surface area contributed by atoms with Crippen LogP contribution in [-0.4, -0.2) is 46.0 Å². The summed E-state index contributed by atoms with van der Waals surface area (Å²) in [4.78, 5) is 14.8. The third kappa shape index (κ3) is 4.43. The van der Waals surface area contributed by atoms with Crippen LogP contribution in [-0.2, 0) is 6.54 Å². The van der Waals surface area contributed by atoms with Gasteiger partial charge >= 0.3 is 6.03 Å². The predicted octanol–water partition coefficient (Wildman–Crippen LogP) is 2.99. The molecule has 0 aliphatic carbocycles. The van der Waals surface area contributed by atoms with Crippen molar-refractivity contribution in [2.45, 2.75) is 19.4 Å². The van der Waals surface area contributed by atoms with E-state index in [4.69, 9.17) is 0 Å². The number of carbonyl (C=O) groups excluding carboxylic acids is 1. The summed E-state index contributed by atoms with van der Waals surface area (Å²) in [7, 11) is 0. The number of H-pyrrole nitrogens is 1. The minimum atomic E-state index is -0.203. The molecular formula is C20H24N6O. The molecule has 2 heterocycles. The molecule has 1 aromatic heterocycles. The van der Waals surface area contributed by atoms with E-state index < -0.39 is 0 Å². The predicted molar refractivity (Wildman–Crippen MR) is 105 cm³/mol. The number of amides is 2. The van der Waals surface area contributed by atoms with Crippen molar-refractivity contribution in [1.29, 1.82) is 0 Å². The first-order chi connectivity index (χ1) is 13.3. The summed E-state index contributed by atoms with van der Waals surface area (Å²) in [5, 5.41) is 16.6. The van der Waals surface area contributed by atoms with Gasteiger partial charge in [0.25, 0.3) is 0 Å². The molecule has 27 heavy (non-hydrogen) atoms. The van der Waals surface area contributed by atoms with Crippen LogP contribution in [0.5, 0.6) is 0 Å². The summed E-state index contributed by atoms with van der Waals surface area (Å²) < 4.78 is 0. The molecule has 1 unspecified atom stereocenters. The van der Waals surface area contributed by atoms with Crippen molar-refractivity contribution >= 4 is 22.8 Å². The monoisotopic (exact) mass is 364 g/mol. The highest BCUT2D eigenvalue weighted by atomic mass is 16.2. The molecule has 0 radical (unpaired) electrons. The Morgan fingerprint density at radius 2 is 2.04 bits per heavy atom. The van der Waals surface area contributed by atoms with E-state index in [9.17, 15) is 4.79 Å². The molecule has 1 aliphatic rings. The summed E-state index contributed by atoms with van der Waals surface area (Å²) >= 11 is 0. The summed E-state index contributed by atoms with van der Waals surface area (Å²) in [5.41, 5.74) is 3.40. The maximum absolute atomic E-state index is 12.3. The number of hydrogen-bond acceptors (Lipinski definition) is 4. The Balaban J connectivity index is 1.28. The minimum Gasteiger partial charge on any atom is -0.338 e. The molecule has 7 heteroatoms. The number of likely N-dealkylation sites (tertiary alicyclic amines) is 1. The van der Waals surface area contributed by atoms with Gasteiger partial charge in [0.2, 0.25) is 0 Å². The number of urea groups is 1. The van der Waals surface area contributed by atoms with E-state index >= 15 is 0 Å². The third-order valence-corrected chi connectivity index (χ3v) is 5.00. The van der Waals surface area contributed by atoms with Crippen LogP contribution in [0.4, 0.5) is 10.5 Å². The van der Waals surface area contributed by atoms with Crippen LogP contribution in [0, 0.1) is 5.92 Å². The van der Waals surface area contributed by atoms with Gasteiger partial charge in [-0.3, -0.25) is 4.90 Å². The third-order valence-electron chi connectivity index (χ3n) is 5.00. The number of piperidine rings is 1. The minimum absolute atomic E-state index is 0.203. The Morgan fingerprint density at radius 1 is 1.15 bits per heavy atom. The SMILES string of the molecule is O=C(NCC1CCCN(Cc2ccccc2)C1)Nc1cccc2n[nH]nc12. The molecule has 4 rings (SSSR count). The van der Waals surface area contributed by atoms with Crippen LogP contribution in [0.15, 0.2) is 48.5 Å². The molecule has 2 aromatic carbocycles. The number of rotatable bonds is 5. The average Bonchev–Trinajstić information content (AvgIpc) is 3.17. The number of aromatic nitrogens is 3. The Hall–Kier alpha value is -2.93. The van der Waals surface area contributed by atoms with Crippen molar-refractivity contribution < 1.29 is 4.79 Å². The second-order valence-electron chi connectivity index (χ2n) is 7.06. The number of nitrogens with zero attached hydrogens (tertiary/aromatic N) is 3. The molecule has 1 saturated heterocycles. The molecule has 0 bridgehead atoms. The summed E-state index contributed by atoms with van der Waals surface area (Å²) in [6, 6.07) is 15.9. The largest absolute Gasteiger partial charge is 0.338 e. The number of hydrogen-bond donors (Lipinski definition) is 3. The van der Waals surface area contributed by atoms with Gasteiger partial charge < -0.3 is 10.6 Å². The van der Waals surface area contributed by atoms with Crippen molar-refractivity contribution in [2.24, 2.45) is 5.92 Å². The quantitative estimate of drug-likeness (QED) is 0.650. The fourth-order valence-corrected chi connectivity index (χ4v) is 3.68. The van der Waals surface area contributed by atoms with Crippen LogP contribution in [0.2, 0.25) is 0 Å². The van der Waals surface area contributed by atoms with Gasteiger partial charge in [0, 0.05) is 19.6 Å². The lowest BCUT2D eigenvalue weighted by Gasteiger charge is -2.32. The standard InChI is InChI=1S/C20H24N6O/c27-20(22-17-9-4-10-18-19(17)24-25-23-18)21-12-16-8-5-11-26(14-16)13-15-6-2-1-3-7-15/h1-4,6-7,9-10,16H,5,8,11-14H2,(H2,21,22,27)(H,23,24,25). The van der Waals surface area contributed by atoms with Crippen LogP contribution < -0.4 is 10.6 Å². The number of anilines is 1. The highest BCUT2D eigenvalue weighted by Gasteiger charge is 2.20. The fraction of sp³-hybridized carbons (Fsp3) is 0.350. The van der Waals surface area contributed by atoms with Crippen LogP contribution >= 0.6 is 0 Å².